The number of rotatable bonds is 2. The first-order valence-electron chi connectivity index (χ1n) is 4.99. The highest BCUT2D eigenvalue weighted by Gasteiger charge is 2.40. The molecule has 4 N–H and O–H groups in total. The Morgan fingerprint density at radius 1 is 1.71 bits per heavy atom. The number of anilines is 1. The molecule has 17 heavy (non-hydrogen) atoms. The molecule has 2 heterocycles. The summed E-state index contributed by atoms with van der Waals surface area (Å²) in [5.74, 6) is 0.0619. The number of aliphatic hydroxyl groups is 2. The van der Waals surface area contributed by atoms with Gasteiger partial charge in [-0.2, -0.15) is 4.98 Å². The van der Waals surface area contributed by atoms with E-state index >= 15 is 0 Å². The summed E-state index contributed by atoms with van der Waals surface area (Å²) in [5, 5.41) is 18.2. The Morgan fingerprint density at radius 2 is 2.41 bits per heavy atom. The molecule has 94 valence electrons. The highest BCUT2D eigenvalue weighted by molar-refractivity contribution is 5.23. The first-order chi connectivity index (χ1) is 7.99. The molecule has 0 aliphatic carbocycles. The third-order valence-corrected chi connectivity index (χ3v) is 2.57. The lowest BCUT2D eigenvalue weighted by atomic mass is 10.2. The molecule has 1 aromatic rings. The summed E-state index contributed by atoms with van der Waals surface area (Å²) in [6.45, 7) is 0. The fourth-order valence-corrected chi connectivity index (χ4v) is 1.74. The Labute approximate surface area is 95.3 Å². The molecular weight excluding hydrogens is 233 g/mol. The average molecular weight is 245 g/mol. The van der Waals surface area contributed by atoms with E-state index in [0.717, 1.165) is 4.57 Å². The van der Waals surface area contributed by atoms with E-state index in [1.165, 1.54) is 12.3 Å². The van der Waals surface area contributed by atoms with Crippen molar-refractivity contribution in [3.8, 4) is 0 Å². The van der Waals surface area contributed by atoms with Crippen LogP contribution in [0.4, 0.5) is 10.2 Å². The first-order valence-corrected chi connectivity index (χ1v) is 4.99. The predicted molar refractivity (Wildman–Crippen MR) is 54.6 cm³/mol. The molecule has 1 aromatic heterocycles. The number of nitrogens with zero attached hydrogens (tertiary/aromatic N) is 2. The summed E-state index contributed by atoms with van der Waals surface area (Å²) < 4.78 is 18.8. The number of nitrogens with two attached hydrogens (primary N) is 1. The topological polar surface area (TPSA) is 111 Å². The van der Waals surface area contributed by atoms with Crippen LogP contribution in [0.2, 0.25) is 0 Å². The maximum Gasteiger partial charge on any atom is 0.351 e. The van der Waals surface area contributed by atoms with Gasteiger partial charge in [0.25, 0.3) is 0 Å². The Hall–Kier alpha value is -1.51. The Morgan fingerprint density at radius 3 is 2.94 bits per heavy atom. The molecule has 0 spiro atoms. The minimum atomic E-state index is -2.30. The van der Waals surface area contributed by atoms with Crippen LogP contribution in [0.3, 0.4) is 0 Å². The van der Waals surface area contributed by atoms with Gasteiger partial charge in [0.1, 0.15) is 18.1 Å². The maximum atomic E-state index is 12.7. The second-order valence-electron chi connectivity index (χ2n) is 3.77. The van der Waals surface area contributed by atoms with Crippen LogP contribution in [0, 0.1) is 0 Å². The molecule has 0 bridgehead atoms. The molecule has 0 amide bonds. The molecule has 0 aromatic carbocycles. The van der Waals surface area contributed by atoms with Crippen molar-refractivity contribution in [1.82, 2.24) is 9.55 Å². The zero-order chi connectivity index (χ0) is 12.6. The molecule has 1 saturated heterocycles. The molecule has 0 radical (unpaired) electrons. The molecule has 8 heteroatoms. The Balaban J connectivity index is 2.23. The van der Waals surface area contributed by atoms with Crippen molar-refractivity contribution in [2.75, 3.05) is 5.73 Å². The lowest BCUT2D eigenvalue weighted by molar-refractivity contribution is -0.130. The molecule has 2 rings (SSSR count). The number of aromatic nitrogens is 2. The van der Waals surface area contributed by atoms with Crippen LogP contribution in [0.1, 0.15) is 12.6 Å². The molecule has 0 saturated carbocycles. The van der Waals surface area contributed by atoms with Gasteiger partial charge in [-0.05, 0) is 6.07 Å². The molecular formula is C9H12FN3O4. The van der Waals surface area contributed by atoms with Gasteiger partial charge in [0.15, 0.2) is 0 Å². The summed E-state index contributed by atoms with van der Waals surface area (Å²) in [6, 6.07) is 1.39. The molecule has 1 fully saturated rings. The van der Waals surface area contributed by atoms with Crippen molar-refractivity contribution < 1.29 is 19.3 Å². The van der Waals surface area contributed by atoms with E-state index in [9.17, 15) is 14.3 Å². The van der Waals surface area contributed by atoms with E-state index in [1.807, 2.05) is 0 Å². The van der Waals surface area contributed by atoms with Crippen LogP contribution in [0.5, 0.6) is 0 Å². The Bertz CT molecular complexity index is 464. The van der Waals surface area contributed by atoms with Gasteiger partial charge >= 0.3 is 5.69 Å². The number of nitrogen functional groups attached to an aromatic ring is 1. The molecule has 1 unspecified atom stereocenters. The number of hydrogen-bond acceptors (Lipinski definition) is 6. The number of alkyl halides is 1. The van der Waals surface area contributed by atoms with Crippen molar-refractivity contribution in [2.45, 2.75) is 31.2 Å². The molecule has 4 atom stereocenters. The van der Waals surface area contributed by atoms with E-state index in [-0.39, 0.29) is 12.2 Å². The standard InChI is InChI=1S/C9H12FN3O4/c10-8(15)7-4(14)3-6(17-7)13-2-1-5(11)12-9(13)16/h1-2,4,6-8,14-15H,3H2,(H2,11,12,16)/t4-,6+,7-,8?/m0/s1. The quantitative estimate of drug-likeness (QED) is 0.601. The maximum absolute atomic E-state index is 12.7. The van der Waals surface area contributed by atoms with E-state index in [4.69, 9.17) is 15.6 Å². The van der Waals surface area contributed by atoms with Crippen molar-refractivity contribution in [2.24, 2.45) is 0 Å². The lowest BCUT2D eigenvalue weighted by Gasteiger charge is -2.15. The highest BCUT2D eigenvalue weighted by Crippen LogP contribution is 2.29. The van der Waals surface area contributed by atoms with Gasteiger partial charge in [-0.25, -0.2) is 9.18 Å². The summed E-state index contributed by atoms with van der Waals surface area (Å²) >= 11 is 0. The summed E-state index contributed by atoms with van der Waals surface area (Å²) in [7, 11) is 0. The second-order valence-corrected chi connectivity index (χ2v) is 3.77. The first kappa shape index (κ1) is 12.0. The van der Waals surface area contributed by atoms with E-state index in [2.05, 4.69) is 4.98 Å². The highest BCUT2D eigenvalue weighted by atomic mass is 19.1. The van der Waals surface area contributed by atoms with Crippen molar-refractivity contribution >= 4 is 5.82 Å². The summed E-state index contributed by atoms with van der Waals surface area (Å²) in [5.41, 5.74) is 4.66. The fourth-order valence-electron chi connectivity index (χ4n) is 1.74. The zero-order valence-electron chi connectivity index (χ0n) is 8.73. The normalized spacial score (nSPS) is 30.4. The smallest absolute Gasteiger partial charge is 0.351 e. The van der Waals surface area contributed by atoms with Crippen LogP contribution in [0.15, 0.2) is 17.1 Å². The van der Waals surface area contributed by atoms with Gasteiger partial charge in [-0.15, -0.1) is 0 Å². The molecule has 1 aliphatic heterocycles. The summed E-state index contributed by atoms with van der Waals surface area (Å²) in [4.78, 5) is 14.9. The van der Waals surface area contributed by atoms with E-state index in [1.54, 1.807) is 0 Å². The Kier molecular flexibility index (Phi) is 3.09. The predicted octanol–water partition coefficient (Wildman–Crippen LogP) is -1.24. The lowest BCUT2D eigenvalue weighted by Crippen LogP contribution is -2.31. The number of halogens is 1. The SMILES string of the molecule is Nc1ccn([C@H]2C[C@H](O)[C@@H](C(O)F)O2)c(=O)n1. The fraction of sp³-hybridized carbons (Fsp3) is 0.556. The third-order valence-electron chi connectivity index (χ3n) is 2.57. The van der Waals surface area contributed by atoms with Crippen LogP contribution >= 0.6 is 0 Å². The van der Waals surface area contributed by atoms with Gasteiger partial charge < -0.3 is 20.7 Å². The van der Waals surface area contributed by atoms with Gasteiger partial charge in [-0.1, -0.05) is 0 Å². The third kappa shape index (κ3) is 2.28. The van der Waals surface area contributed by atoms with E-state index in [0.29, 0.717) is 0 Å². The van der Waals surface area contributed by atoms with Crippen LogP contribution < -0.4 is 11.4 Å². The molecule has 7 nitrogen and oxygen atoms in total. The van der Waals surface area contributed by atoms with Gasteiger partial charge in [-0.3, -0.25) is 4.57 Å². The largest absolute Gasteiger partial charge is 0.390 e. The van der Waals surface area contributed by atoms with Crippen molar-refractivity contribution in [1.29, 1.82) is 0 Å². The van der Waals surface area contributed by atoms with Crippen molar-refractivity contribution in [3.63, 3.8) is 0 Å². The van der Waals surface area contributed by atoms with E-state index < -0.39 is 30.5 Å². The van der Waals surface area contributed by atoms with Crippen LogP contribution in [-0.4, -0.2) is 38.3 Å². The number of ether oxygens (including phenoxy) is 1. The number of hydrogen-bond donors (Lipinski definition) is 3. The summed E-state index contributed by atoms with van der Waals surface area (Å²) in [6.07, 6.45) is -4.35. The average Bonchev–Trinajstić information content (AvgIpc) is 2.60. The minimum absolute atomic E-state index is 0.00283. The number of aliphatic hydroxyl groups excluding tert-OH is 2. The van der Waals surface area contributed by atoms with Gasteiger partial charge in [0.05, 0.1) is 6.10 Å². The molecule has 1 aliphatic rings. The second kappa shape index (κ2) is 4.40. The van der Waals surface area contributed by atoms with Gasteiger partial charge in [0, 0.05) is 12.6 Å². The monoisotopic (exact) mass is 245 g/mol. The van der Waals surface area contributed by atoms with Crippen molar-refractivity contribution in [3.05, 3.63) is 22.7 Å². The zero-order valence-corrected chi connectivity index (χ0v) is 8.73. The van der Waals surface area contributed by atoms with Gasteiger partial charge in [0.2, 0.25) is 6.36 Å². The van der Waals surface area contributed by atoms with Crippen LogP contribution in [-0.2, 0) is 4.74 Å². The van der Waals surface area contributed by atoms with Crippen LogP contribution in [0.25, 0.3) is 0 Å². The minimum Gasteiger partial charge on any atom is -0.390 e.